The van der Waals surface area contributed by atoms with E-state index in [1.54, 1.807) is 11.8 Å². The van der Waals surface area contributed by atoms with Gasteiger partial charge in [-0.05, 0) is 31.6 Å². The minimum absolute atomic E-state index is 0.656. The monoisotopic (exact) mass is 235 g/mol. The Kier molecular flexibility index (Phi) is 3.85. The fourth-order valence-electron chi connectivity index (χ4n) is 1.63. The minimum atomic E-state index is 0.656. The first kappa shape index (κ1) is 11.5. The van der Waals surface area contributed by atoms with Gasteiger partial charge in [0.05, 0.1) is 11.0 Å². The lowest BCUT2D eigenvalue weighted by Gasteiger charge is -2.07. The Balaban J connectivity index is 1.99. The van der Waals surface area contributed by atoms with Gasteiger partial charge in [0.25, 0.3) is 0 Å². The zero-order valence-corrected chi connectivity index (χ0v) is 10.5. The van der Waals surface area contributed by atoms with Gasteiger partial charge in [0.2, 0.25) is 0 Å². The molecule has 1 unspecified atom stereocenters. The molecule has 0 aliphatic rings. The lowest BCUT2D eigenvalue weighted by atomic mass is 10.2. The van der Waals surface area contributed by atoms with Gasteiger partial charge < -0.3 is 10.3 Å². The first-order valence-corrected chi connectivity index (χ1v) is 6.50. The average Bonchev–Trinajstić information content (AvgIpc) is 2.69. The summed E-state index contributed by atoms with van der Waals surface area (Å²) in [4.78, 5) is 7.86. The molecule has 0 saturated carbocycles. The maximum Gasteiger partial charge on any atom is 0.166 e. The zero-order chi connectivity index (χ0) is 11.4. The number of nitrogens with zero attached hydrogens (tertiary/aromatic N) is 1. The third kappa shape index (κ3) is 2.77. The summed E-state index contributed by atoms with van der Waals surface area (Å²) in [6.07, 6.45) is 0. The van der Waals surface area contributed by atoms with Crippen LogP contribution in [0.25, 0.3) is 11.0 Å². The van der Waals surface area contributed by atoms with Crippen LogP contribution in [0.2, 0.25) is 0 Å². The number of rotatable bonds is 5. The van der Waals surface area contributed by atoms with Gasteiger partial charge in [0, 0.05) is 5.75 Å². The molecule has 0 saturated heterocycles. The van der Waals surface area contributed by atoms with E-state index in [1.165, 1.54) is 0 Å². The number of aromatic amines is 1. The standard InChI is InChI=1S/C12H17N3S/c1-9(7-13-2)8-16-12-14-10-5-3-4-6-11(10)15-12/h3-6,9,13H,7-8H2,1-2H3,(H,14,15). The van der Waals surface area contributed by atoms with Gasteiger partial charge >= 0.3 is 0 Å². The second kappa shape index (κ2) is 5.37. The van der Waals surface area contributed by atoms with Crippen LogP contribution in [0.4, 0.5) is 0 Å². The first-order valence-electron chi connectivity index (χ1n) is 5.51. The summed E-state index contributed by atoms with van der Waals surface area (Å²) in [6, 6.07) is 8.14. The summed E-state index contributed by atoms with van der Waals surface area (Å²) >= 11 is 1.79. The number of aromatic nitrogens is 2. The largest absolute Gasteiger partial charge is 0.333 e. The van der Waals surface area contributed by atoms with Crippen LogP contribution in [0, 0.1) is 5.92 Å². The lowest BCUT2D eigenvalue weighted by molar-refractivity contribution is 0.603. The van der Waals surface area contributed by atoms with E-state index < -0.39 is 0 Å². The number of hydrogen-bond acceptors (Lipinski definition) is 3. The molecule has 0 spiro atoms. The molecule has 1 aromatic carbocycles. The van der Waals surface area contributed by atoms with Crippen LogP contribution >= 0.6 is 11.8 Å². The number of nitrogens with one attached hydrogen (secondary N) is 2. The van der Waals surface area contributed by atoms with Gasteiger partial charge in [-0.2, -0.15) is 0 Å². The first-order chi connectivity index (χ1) is 7.79. The third-order valence-electron chi connectivity index (χ3n) is 2.42. The number of para-hydroxylation sites is 2. The summed E-state index contributed by atoms with van der Waals surface area (Å²) in [5.41, 5.74) is 2.16. The minimum Gasteiger partial charge on any atom is -0.333 e. The molecule has 1 heterocycles. The van der Waals surface area contributed by atoms with Crippen molar-refractivity contribution in [3.05, 3.63) is 24.3 Å². The van der Waals surface area contributed by atoms with Gasteiger partial charge in [-0.1, -0.05) is 30.8 Å². The molecule has 0 amide bonds. The molecule has 0 aliphatic heterocycles. The van der Waals surface area contributed by atoms with E-state index in [4.69, 9.17) is 0 Å². The van der Waals surface area contributed by atoms with Crippen LogP contribution in [0.3, 0.4) is 0 Å². The number of H-pyrrole nitrogens is 1. The highest BCUT2D eigenvalue weighted by Gasteiger charge is 2.05. The van der Waals surface area contributed by atoms with Crippen molar-refractivity contribution in [2.45, 2.75) is 12.1 Å². The SMILES string of the molecule is CNCC(C)CSc1nc2ccccc2[nH]1. The normalized spacial score (nSPS) is 13.1. The molecule has 0 bridgehead atoms. The Morgan fingerprint density at radius 2 is 2.25 bits per heavy atom. The zero-order valence-electron chi connectivity index (χ0n) is 9.66. The third-order valence-corrected chi connectivity index (χ3v) is 3.63. The van der Waals surface area contributed by atoms with Crippen LogP contribution in [0.15, 0.2) is 29.4 Å². The molecule has 0 radical (unpaired) electrons. The van der Waals surface area contributed by atoms with Crippen LogP contribution in [-0.2, 0) is 0 Å². The van der Waals surface area contributed by atoms with Gasteiger partial charge in [-0.15, -0.1) is 0 Å². The van der Waals surface area contributed by atoms with Crippen molar-refractivity contribution in [2.75, 3.05) is 19.3 Å². The second-order valence-corrected chi connectivity index (χ2v) is 5.04. The van der Waals surface area contributed by atoms with Crippen LogP contribution in [0.5, 0.6) is 0 Å². The van der Waals surface area contributed by atoms with Crippen molar-refractivity contribution >= 4 is 22.8 Å². The van der Waals surface area contributed by atoms with E-state index in [-0.39, 0.29) is 0 Å². The van der Waals surface area contributed by atoms with Crippen molar-refractivity contribution in [3.63, 3.8) is 0 Å². The van der Waals surface area contributed by atoms with Crippen molar-refractivity contribution in [1.29, 1.82) is 0 Å². The van der Waals surface area contributed by atoms with E-state index in [0.717, 1.165) is 28.5 Å². The Morgan fingerprint density at radius 1 is 1.44 bits per heavy atom. The maximum atomic E-state index is 4.53. The number of imidazole rings is 1. The van der Waals surface area contributed by atoms with Crippen LogP contribution in [-0.4, -0.2) is 29.3 Å². The molecule has 0 aliphatic carbocycles. The predicted molar refractivity (Wildman–Crippen MR) is 69.9 cm³/mol. The molecule has 1 atom stereocenters. The van der Waals surface area contributed by atoms with Crippen LogP contribution in [0.1, 0.15) is 6.92 Å². The van der Waals surface area contributed by atoms with E-state index in [9.17, 15) is 0 Å². The number of benzene rings is 1. The summed E-state index contributed by atoms with van der Waals surface area (Å²) in [7, 11) is 1.99. The fourth-order valence-corrected chi connectivity index (χ4v) is 2.53. The van der Waals surface area contributed by atoms with Crippen molar-refractivity contribution in [2.24, 2.45) is 5.92 Å². The quantitative estimate of drug-likeness (QED) is 0.782. The van der Waals surface area contributed by atoms with E-state index in [1.807, 2.05) is 25.2 Å². The molecule has 3 nitrogen and oxygen atoms in total. The predicted octanol–water partition coefficient (Wildman–Crippen LogP) is 2.51. The van der Waals surface area contributed by atoms with Gasteiger partial charge in [-0.25, -0.2) is 4.98 Å². The van der Waals surface area contributed by atoms with Gasteiger partial charge in [0.1, 0.15) is 0 Å². The molecular formula is C12H17N3S. The fraction of sp³-hybridized carbons (Fsp3) is 0.417. The van der Waals surface area contributed by atoms with E-state index in [2.05, 4.69) is 28.3 Å². The summed E-state index contributed by atoms with van der Waals surface area (Å²) in [5.74, 6) is 1.74. The molecule has 86 valence electrons. The molecule has 2 rings (SSSR count). The Morgan fingerprint density at radius 3 is 3.00 bits per heavy atom. The van der Waals surface area contributed by atoms with Crippen molar-refractivity contribution in [1.82, 2.24) is 15.3 Å². The smallest absolute Gasteiger partial charge is 0.166 e. The molecule has 2 aromatic rings. The molecule has 16 heavy (non-hydrogen) atoms. The second-order valence-electron chi connectivity index (χ2n) is 4.03. The number of thioether (sulfide) groups is 1. The molecule has 1 aromatic heterocycles. The lowest BCUT2D eigenvalue weighted by Crippen LogP contribution is -2.17. The Bertz CT molecular complexity index is 419. The highest BCUT2D eigenvalue weighted by molar-refractivity contribution is 7.99. The molecule has 2 N–H and O–H groups in total. The highest BCUT2D eigenvalue weighted by Crippen LogP contribution is 2.20. The number of hydrogen-bond donors (Lipinski definition) is 2. The van der Waals surface area contributed by atoms with Gasteiger partial charge in [-0.3, -0.25) is 0 Å². The van der Waals surface area contributed by atoms with E-state index in [0.29, 0.717) is 5.92 Å². The molecule has 0 fully saturated rings. The van der Waals surface area contributed by atoms with Crippen molar-refractivity contribution < 1.29 is 0 Å². The summed E-state index contributed by atoms with van der Waals surface area (Å²) in [6.45, 7) is 3.29. The number of fused-ring (bicyclic) bond motifs is 1. The molecular weight excluding hydrogens is 218 g/mol. The Hall–Kier alpha value is -1.00. The maximum absolute atomic E-state index is 4.53. The highest BCUT2D eigenvalue weighted by atomic mass is 32.2. The topological polar surface area (TPSA) is 40.7 Å². The summed E-state index contributed by atoms with van der Waals surface area (Å²) < 4.78 is 0. The Labute approximate surface area is 100 Å². The van der Waals surface area contributed by atoms with E-state index >= 15 is 0 Å². The van der Waals surface area contributed by atoms with Crippen LogP contribution < -0.4 is 5.32 Å². The molecule has 4 heteroatoms. The van der Waals surface area contributed by atoms with Gasteiger partial charge in [0.15, 0.2) is 5.16 Å². The van der Waals surface area contributed by atoms with Crippen molar-refractivity contribution in [3.8, 4) is 0 Å². The average molecular weight is 235 g/mol. The summed E-state index contributed by atoms with van der Waals surface area (Å²) in [5, 5.41) is 4.20.